The van der Waals surface area contributed by atoms with Gasteiger partial charge >= 0.3 is 6.09 Å². The van der Waals surface area contributed by atoms with E-state index < -0.39 is 18.2 Å². The molecule has 2 aromatic carbocycles. The number of aliphatic hydroxyl groups is 1. The summed E-state index contributed by atoms with van der Waals surface area (Å²) in [6.07, 6.45) is 2.66. The van der Waals surface area contributed by atoms with Crippen LogP contribution in [0.3, 0.4) is 0 Å². The Morgan fingerprint density at radius 3 is 2.39 bits per heavy atom. The van der Waals surface area contributed by atoms with Gasteiger partial charge in [-0.15, -0.1) is 0 Å². The second-order valence-corrected chi connectivity index (χ2v) is 11.9. The van der Waals surface area contributed by atoms with Gasteiger partial charge in [0.1, 0.15) is 0 Å². The van der Waals surface area contributed by atoms with Crippen molar-refractivity contribution < 1.29 is 24.5 Å². The maximum absolute atomic E-state index is 11.8. The first-order valence-electron chi connectivity index (χ1n) is 14.9. The molecule has 1 heterocycles. The molecule has 3 rings (SSSR count). The number of methoxy groups -OCH3 is 1. The lowest BCUT2D eigenvalue weighted by molar-refractivity contribution is 0.0271. The van der Waals surface area contributed by atoms with Crippen molar-refractivity contribution in [1.82, 2.24) is 15.1 Å². The molecule has 226 valence electrons. The van der Waals surface area contributed by atoms with Gasteiger partial charge in [-0.3, -0.25) is 4.68 Å². The molecule has 1 amide bonds. The van der Waals surface area contributed by atoms with E-state index in [0.717, 1.165) is 35.9 Å². The van der Waals surface area contributed by atoms with E-state index in [1.807, 2.05) is 41.2 Å². The number of aromatic nitrogens is 2. The van der Waals surface area contributed by atoms with E-state index in [-0.39, 0.29) is 17.8 Å². The van der Waals surface area contributed by atoms with Gasteiger partial charge < -0.3 is 25.0 Å². The smallest absolute Gasteiger partial charge is 0.404 e. The lowest BCUT2D eigenvalue weighted by Gasteiger charge is -2.32. The second kappa shape index (κ2) is 16.5. The summed E-state index contributed by atoms with van der Waals surface area (Å²) in [5.41, 5.74) is 3.39. The lowest BCUT2D eigenvalue weighted by Crippen LogP contribution is -2.46. The summed E-state index contributed by atoms with van der Waals surface area (Å²) in [4.78, 5) is 11.8. The van der Waals surface area contributed by atoms with E-state index in [0.29, 0.717) is 38.6 Å². The van der Waals surface area contributed by atoms with E-state index in [1.54, 1.807) is 7.11 Å². The summed E-state index contributed by atoms with van der Waals surface area (Å²) >= 11 is 0. The van der Waals surface area contributed by atoms with Crippen molar-refractivity contribution in [2.75, 3.05) is 20.3 Å². The summed E-state index contributed by atoms with van der Waals surface area (Å²) in [5, 5.41) is 29.3. The molecule has 0 aliphatic carbocycles. The topological polar surface area (TPSA) is 106 Å². The third-order valence-corrected chi connectivity index (χ3v) is 8.13. The van der Waals surface area contributed by atoms with Crippen molar-refractivity contribution in [3.05, 3.63) is 65.9 Å². The Morgan fingerprint density at radius 2 is 1.73 bits per heavy atom. The molecule has 0 spiro atoms. The molecule has 0 radical (unpaired) electrons. The van der Waals surface area contributed by atoms with Crippen LogP contribution in [0.5, 0.6) is 0 Å². The minimum absolute atomic E-state index is 0.102. The maximum atomic E-state index is 11.8. The van der Waals surface area contributed by atoms with Crippen LogP contribution in [-0.2, 0) is 29.0 Å². The molecular weight excluding hydrogens is 518 g/mol. The highest BCUT2D eigenvalue weighted by atomic mass is 16.5. The Bertz CT molecular complexity index is 1180. The van der Waals surface area contributed by atoms with Crippen LogP contribution in [0.2, 0.25) is 0 Å². The van der Waals surface area contributed by atoms with Crippen LogP contribution in [0.25, 0.3) is 10.9 Å². The Labute approximate surface area is 245 Å². The first-order valence-corrected chi connectivity index (χ1v) is 14.9. The summed E-state index contributed by atoms with van der Waals surface area (Å²) < 4.78 is 13.2. The molecule has 0 saturated heterocycles. The fourth-order valence-corrected chi connectivity index (χ4v) is 5.38. The molecular formula is C33H49N3O5. The monoisotopic (exact) mass is 567 g/mol. The van der Waals surface area contributed by atoms with E-state index in [4.69, 9.17) is 9.47 Å². The fourth-order valence-electron chi connectivity index (χ4n) is 5.38. The van der Waals surface area contributed by atoms with Crippen LogP contribution in [0.4, 0.5) is 4.79 Å². The highest BCUT2D eigenvalue weighted by molar-refractivity contribution is 5.79. The third-order valence-electron chi connectivity index (χ3n) is 8.13. The minimum Gasteiger partial charge on any atom is -0.465 e. The van der Waals surface area contributed by atoms with Gasteiger partial charge in [-0.25, -0.2) is 4.79 Å². The molecule has 3 aromatic rings. The lowest BCUT2D eigenvalue weighted by atomic mass is 9.81. The number of nitrogens with one attached hydrogen (secondary N) is 1. The van der Waals surface area contributed by atoms with E-state index in [9.17, 15) is 15.0 Å². The first kappa shape index (κ1) is 32.6. The van der Waals surface area contributed by atoms with Gasteiger partial charge in [0.2, 0.25) is 0 Å². The average molecular weight is 568 g/mol. The summed E-state index contributed by atoms with van der Waals surface area (Å²) in [5.74, 6) is 0.866. The van der Waals surface area contributed by atoms with Gasteiger partial charge in [-0.05, 0) is 66.5 Å². The number of benzene rings is 2. The number of hydrogen-bond acceptors (Lipinski definition) is 5. The van der Waals surface area contributed by atoms with Crippen molar-refractivity contribution in [2.24, 2.45) is 23.7 Å². The molecule has 8 heteroatoms. The fraction of sp³-hybridized carbons (Fsp3) is 0.576. The van der Waals surface area contributed by atoms with Crippen molar-refractivity contribution in [2.45, 2.75) is 78.7 Å². The number of nitrogens with zero attached hydrogens (tertiary/aromatic N) is 2. The summed E-state index contributed by atoms with van der Waals surface area (Å²) in [6, 6.07) is 15.9. The quantitative estimate of drug-likeness (QED) is 0.159. The normalized spacial score (nSPS) is 14.8. The van der Waals surface area contributed by atoms with Crippen LogP contribution < -0.4 is 5.32 Å². The number of carboxylic acid groups (broad SMARTS) is 1. The van der Waals surface area contributed by atoms with Crippen LogP contribution in [-0.4, -0.2) is 58.6 Å². The number of rotatable bonds is 18. The van der Waals surface area contributed by atoms with Gasteiger partial charge in [0.15, 0.2) is 0 Å². The Hall–Kier alpha value is -2.94. The number of hydrogen-bond donors (Lipinski definition) is 3. The number of ether oxygens (including phenoxy) is 2. The highest BCUT2D eigenvalue weighted by Crippen LogP contribution is 2.28. The largest absolute Gasteiger partial charge is 0.465 e. The minimum atomic E-state index is -1.11. The molecule has 0 aliphatic rings. The van der Waals surface area contributed by atoms with Crippen molar-refractivity contribution >= 4 is 17.0 Å². The van der Waals surface area contributed by atoms with Gasteiger partial charge in [0.25, 0.3) is 0 Å². The van der Waals surface area contributed by atoms with Gasteiger partial charge in [0, 0.05) is 25.6 Å². The SMILES string of the molecule is COCCCn1ncc2ccc(C[C@H](C[C@H](NC(=O)O)C(O)C[C@H](COCc3ccccc3)C(C)C)C(C)C)cc21. The molecule has 4 atom stereocenters. The van der Waals surface area contributed by atoms with Crippen LogP contribution in [0, 0.1) is 23.7 Å². The maximum Gasteiger partial charge on any atom is 0.404 e. The number of aryl methyl sites for hydroxylation is 1. The Morgan fingerprint density at radius 1 is 1.00 bits per heavy atom. The molecule has 1 unspecified atom stereocenters. The zero-order valence-electron chi connectivity index (χ0n) is 25.3. The first-order chi connectivity index (χ1) is 19.7. The zero-order valence-corrected chi connectivity index (χ0v) is 25.3. The van der Waals surface area contributed by atoms with E-state index in [2.05, 4.69) is 56.3 Å². The highest BCUT2D eigenvalue weighted by Gasteiger charge is 2.30. The van der Waals surface area contributed by atoms with Crippen LogP contribution in [0.1, 0.15) is 58.1 Å². The van der Waals surface area contributed by atoms with Gasteiger partial charge in [-0.2, -0.15) is 5.10 Å². The molecule has 0 saturated carbocycles. The number of amides is 1. The summed E-state index contributed by atoms with van der Waals surface area (Å²) in [7, 11) is 1.71. The second-order valence-electron chi connectivity index (χ2n) is 11.9. The van der Waals surface area contributed by atoms with E-state index >= 15 is 0 Å². The number of aliphatic hydroxyl groups excluding tert-OH is 1. The molecule has 0 fully saturated rings. The van der Waals surface area contributed by atoms with Crippen molar-refractivity contribution in [3.63, 3.8) is 0 Å². The van der Waals surface area contributed by atoms with Crippen molar-refractivity contribution in [3.8, 4) is 0 Å². The van der Waals surface area contributed by atoms with Crippen LogP contribution in [0.15, 0.2) is 54.7 Å². The predicted molar refractivity (Wildman–Crippen MR) is 163 cm³/mol. The van der Waals surface area contributed by atoms with E-state index in [1.165, 1.54) is 5.56 Å². The molecule has 0 bridgehead atoms. The average Bonchev–Trinajstić information content (AvgIpc) is 3.34. The van der Waals surface area contributed by atoms with Gasteiger partial charge in [-0.1, -0.05) is 70.2 Å². The Kier molecular flexibility index (Phi) is 13.1. The molecule has 1 aromatic heterocycles. The molecule has 8 nitrogen and oxygen atoms in total. The summed E-state index contributed by atoms with van der Waals surface area (Å²) in [6.45, 7) is 11.1. The predicted octanol–water partition coefficient (Wildman–Crippen LogP) is 6.15. The molecule has 0 aliphatic heterocycles. The standard InChI is InChI=1S/C33H49N3O5/c1-23(2)28(16-26-12-13-27-20-34-36(31(27)17-26)14-9-15-40-5)18-30(35-33(38)39)32(37)19-29(24(3)4)22-41-21-25-10-7-6-8-11-25/h6-8,10-13,17,20,23-24,28-30,32,35,37H,9,14-16,18-19,21-22H2,1-5H3,(H,38,39)/t28-,29-,30+,32?/m1/s1. The Balaban J connectivity index is 1.68. The number of carbonyl (C=O) groups is 1. The third kappa shape index (κ3) is 10.4. The zero-order chi connectivity index (χ0) is 29.8. The van der Waals surface area contributed by atoms with Gasteiger partial charge in [0.05, 0.1) is 37.1 Å². The van der Waals surface area contributed by atoms with Crippen molar-refractivity contribution in [1.29, 1.82) is 0 Å². The molecule has 3 N–H and O–H groups in total. The molecule has 41 heavy (non-hydrogen) atoms. The van der Waals surface area contributed by atoms with Crippen LogP contribution >= 0.6 is 0 Å². The number of fused-ring (bicyclic) bond motifs is 1.